The fourth-order valence-corrected chi connectivity index (χ4v) is 2.07. The van der Waals surface area contributed by atoms with E-state index in [0.29, 0.717) is 17.4 Å². The van der Waals surface area contributed by atoms with Gasteiger partial charge in [0.1, 0.15) is 0 Å². The average molecular weight is 395 g/mol. The molecule has 0 aliphatic heterocycles. The molecule has 0 bridgehead atoms. The highest BCUT2D eigenvalue weighted by Gasteiger charge is 2.13. The zero-order chi connectivity index (χ0) is 19.6. The average Bonchev–Trinajstić information content (AvgIpc) is 3.12. The van der Waals surface area contributed by atoms with E-state index in [0.717, 1.165) is 12.0 Å². The standard InChI is InChI=1S/C17H19ClN4O5/c1-2-9-19-17(25)20-13(23)10-26-15(24)8-7-14-21-16(22-27-14)11-3-5-12(18)6-4-11/h3-6H,2,7-10H2,1H3,(H2,19,20,23,25). The highest BCUT2D eigenvalue weighted by atomic mass is 35.5. The zero-order valence-corrected chi connectivity index (χ0v) is 15.4. The number of benzene rings is 1. The number of rotatable bonds is 8. The van der Waals surface area contributed by atoms with E-state index in [4.69, 9.17) is 20.9 Å². The van der Waals surface area contributed by atoms with Gasteiger partial charge in [-0.1, -0.05) is 23.7 Å². The van der Waals surface area contributed by atoms with Gasteiger partial charge >= 0.3 is 12.0 Å². The van der Waals surface area contributed by atoms with Gasteiger partial charge < -0.3 is 14.6 Å². The SMILES string of the molecule is CCCNC(=O)NC(=O)COC(=O)CCc1nc(-c2ccc(Cl)cc2)no1. The van der Waals surface area contributed by atoms with Gasteiger partial charge in [-0.3, -0.25) is 14.9 Å². The molecule has 0 atom stereocenters. The Labute approximate surface area is 160 Å². The first-order valence-electron chi connectivity index (χ1n) is 8.29. The van der Waals surface area contributed by atoms with Gasteiger partial charge in [0.05, 0.1) is 6.42 Å². The van der Waals surface area contributed by atoms with Crippen molar-refractivity contribution < 1.29 is 23.6 Å². The highest BCUT2D eigenvalue weighted by molar-refractivity contribution is 6.30. The Morgan fingerprint density at radius 2 is 1.96 bits per heavy atom. The van der Waals surface area contributed by atoms with Crippen LogP contribution in [0.4, 0.5) is 4.79 Å². The van der Waals surface area contributed by atoms with E-state index < -0.39 is 24.5 Å². The minimum Gasteiger partial charge on any atom is -0.456 e. The lowest BCUT2D eigenvalue weighted by Gasteiger charge is -2.06. The molecule has 0 aliphatic carbocycles. The lowest BCUT2D eigenvalue weighted by atomic mass is 10.2. The number of halogens is 1. The van der Waals surface area contributed by atoms with Crippen LogP contribution in [0.3, 0.4) is 0 Å². The second kappa shape index (κ2) is 10.3. The van der Waals surface area contributed by atoms with Crippen molar-refractivity contribution in [3.63, 3.8) is 0 Å². The number of carbonyl (C=O) groups excluding carboxylic acids is 3. The molecule has 0 spiro atoms. The number of esters is 1. The summed E-state index contributed by atoms with van der Waals surface area (Å²) in [6.07, 6.45) is 0.863. The van der Waals surface area contributed by atoms with Crippen molar-refractivity contribution in [1.29, 1.82) is 0 Å². The van der Waals surface area contributed by atoms with Crippen molar-refractivity contribution in [2.24, 2.45) is 0 Å². The first-order chi connectivity index (χ1) is 13.0. The van der Waals surface area contributed by atoms with Crippen LogP contribution in [0.5, 0.6) is 0 Å². The lowest BCUT2D eigenvalue weighted by molar-refractivity contribution is -0.148. The first kappa shape index (κ1) is 20.4. The largest absolute Gasteiger partial charge is 0.456 e. The molecule has 9 nitrogen and oxygen atoms in total. The number of amides is 3. The van der Waals surface area contributed by atoms with Gasteiger partial charge in [-0.15, -0.1) is 0 Å². The number of imide groups is 1. The van der Waals surface area contributed by atoms with Gasteiger partial charge in [0.25, 0.3) is 5.91 Å². The number of carbonyl (C=O) groups is 3. The third-order valence-electron chi connectivity index (χ3n) is 3.27. The number of urea groups is 1. The summed E-state index contributed by atoms with van der Waals surface area (Å²) in [5, 5.41) is 8.95. The van der Waals surface area contributed by atoms with Gasteiger partial charge in [-0.25, -0.2) is 4.79 Å². The summed E-state index contributed by atoms with van der Waals surface area (Å²) >= 11 is 5.82. The molecule has 2 rings (SSSR count). The molecular formula is C17H19ClN4O5. The van der Waals surface area contributed by atoms with Gasteiger partial charge in [-0.2, -0.15) is 4.98 Å². The number of hydrogen-bond donors (Lipinski definition) is 2. The Morgan fingerprint density at radius 3 is 2.67 bits per heavy atom. The van der Waals surface area contributed by atoms with Crippen molar-refractivity contribution in [2.75, 3.05) is 13.2 Å². The minimum atomic E-state index is -0.709. The molecule has 1 aromatic heterocycles. The maximum absolute atomic E-state index is 11.7. The minimum absolute atomic E-state index is 0.0441. The summed E-state index contributed by atoms with van der Waals surface area (Å²) in [4.78, 5) is 38.6. The van der Waals surface area contributed by atoms with Crippen molar-refractivity contribution in [3.05, 3.63) is 35.2 Å². The number of nitrogens with one attached hydrogen (secondary N) is 2. The molecule has 0 saturated heterocycles. The third kappa shape index (κ3) is 7.06. The van der Waals surface area contributed by atoms with E-state index >= 15 is 0 Å². The Balaban J connectivity index is 1.72. The van der Waals surface area contributed by atoms with Gasteiger partial charge in [0.15, 0.2) is 6.61 Å². The molecule has 144 valence electrons. The van der Waals surface area contributed by atoms with E-state index in [1.54, 1.807) is 24.3 Å². The topological polar surface area (TPSA) is 123 Å². The predicted octanol–water partition coefficient (Wildman–Crippen LogP) is 2.10. The summed E-state index contributed by atoms with van der Waals surface area (Å²) in [5.41, 5.74) is 0.731. The third-order valence-corrected chi connectivity index (χ3v) is 3.52. The smallest absolute Gasteiger partial charge is 0.321 e. The van der Waals surface area contributed by atoms with Crippen LogP contribution in [-0.2, 0) is 20.7 Å². The number of nitrogens with zero attached hydrogens (tertiary/aromatic N) is 2. The maximum atomic E-state index is 11.7. The lowest BCUT2D eigenvalue weighted by Crippen LogP contribution is -2.41. The van der Waals surface area contributed by atoms with Crippen molar-refractivity contribution >= 4 is 29.5 Å². The second-order valence-corrected chi connectivity index (χ2v) is 5.92. The van der Waals surface area contributed by atoms with Crippen molar-refractivity contribution in [2.45, 2.75) is 26.2 Å². The molecule has 0 saturated carbocycles. The monoisotopic (exact) mass is 394 g/mol. The summed E-state index contributed by atoms with van der Waals surface area (Å²) in [5.74, 6) is -0.682. The van der Waals surface area contributed by atoms with Crippen LogP contribution in [0.1, 0.15) is 25.7 Å². The van der Waals surface area contributed by atoms with E-state index in [9.17, 15) is 14.4 Å². The van der Waals surface area contributed by atoms with Crippen LogP contribution in [0, 0.1) is 0 Å². The van der Waals surface area contributed by atoms with Crippen LogP contribution in [0.15, 0.2) is 28.8 Å². The Morgan fingerprint density at radius 1 is 1.22 bits per heavy atom. The van der Waals surface area contributed by atoms with E-state index in [1.807, 2.05) is 6.92 Å². The van der Waals surface area contributed by atoms with Crippen molar-refractivity contribution in [3.8, 4) is 11.4 Å². The molecule has 10 heteroatoms. The zero-order valence-electron chi connectivity index (χ0n) is 14.7. The Bertz CT molecular complexity index is 791. The van der Waals surface area contributed by atoms with E-state index in [-0.39, 0.29) is 18.7 Å². The first-order valence-corrected chi connectivity index (χ1v) is 8.67. The summed E-state index contributed by atoms with van der Waals surface area (Å²) in [7, 11) is 0. The Hall–Kier alpha value is -2.94. The molecule has 2 N–H and O–H groups in total. The fourth-order valence-electron chi connectivity index (χ4n) is 1.95. The molecule has 0 radical (unpaired) electrons. The van der Waals surface area contributed by atoms with Crippen LogP contribution in [-0.4, -0.2) is 41.2 Å². The molecule has 0 fully saturated rings. The second-order valence-electron chi connectivity index (χ2n) is 5.48. The van der Waals surface area contributed by atoms with Gasteiger partial charge in [0.2, 0.25) is 11.7 Å². The molecule has 27 heavy (non-hydrogen) atoms. The normalized spacial score (nSPS) is 10.3. The molecular weight excluding hydrogens is 376 g/mol. The molecule has 1 aromatic carbocycles. The summed E-state index contributed by atoms with van der Waals surface area (Å²) < 4.78 is 9.88. The number of aryl methyl sites for hydroxylation is 1. The molecule has 3 amide bonds. The number of ether oxygens (including phenoxy) is 1. The number of aromatic nitrogens is 2. The fraction of sp³-hybridized carbons (Fsp3) is 0.353. The van der Waals surface area contributed by atoms with Crippen molar-refractivity contribution in [1.82, 2.24) is 20.8 Å². The predicted molar refractivity (Wildman–Crippen MR) is 95.9 cm³/mol. The maximum Gasteiger partial charge on any atom is 0.321 e. The van der Waals surface area contributed by atoms with E-state index in [1.165, 1.54) is 0 Å². The quantitative estimate of drug-likeness (QED) is 0.657. The van der Waals surface area contributed by atoms with Gasteiger partial charge in [0, 0.05) is 23.6 Å². The molecule has 0 aliphatic rings. The molecule has 1 heterocycles. The van der Waals surface area contributed by atoms with Crippen LogP contribution in [0.25, 0.3) is 11.4 Å². The van der Waals surface area contributed by atoms with E-state index in [2.05, 4.69) is 20.8 Å². The summed E-state index contributed by atoms with van der Waals surface area (Å²) in [6.45, 7) is 1.78. The Kier molecular flexibility index (Phi) is 7.75. The van der Waals surface area contributed by atoms with Crippen LogP contribution < -0.4 is 10.6 Å². The molecule has 2 aromatic rings. The molecule has 0 unspecified atom stereocenters. The summed E-state index contributed by atoms with van der Waals surface area (Å²) in [6, 6.07) is 6.29. The van der Waals surface area contributed by atoms with Crippen LogP contribution in [0.2, 0.25) is 5.02 Å². The number of hydrogen-bond acceptors (Lipinski definition) is 7. The van der Waals surface area contributed by atoms with Gasteiger partial charge in [-0.05, 0) is 30.7 Å². The highest BCUT2D eigenvalue weighted by Crippen LogP contribution is 2.19. The van der Waals surface area contributed by atoms with Crippen LogP contribution >= 0.6 is 11.6 Å².